The lowest BCUT2D eigenvalue weighted by molar-refractivity contribution is 0.511. The van der Waals surface area contributed by atoms with Gasteiger partial charge in [-0.2, -0.15) is 0 Å². The fourth-order valence-corrected chi connectivity index (χ4v) is 1.06. The van der Waals surface area contributed by atoms with Gasteiger partial charge in [-0.3, -0.25) is 0 Å². The standard InChI is InChI=1S/C6H11N.C5H4O2/c1-6-4-2-3-5-7-6;6-5-3-1-2-4-7-5/h2-3,6-7H,4-5H2,1H3;1-4H. The summed E-state index contributed by atoms with van der Waals surface area (Å²) in [7, 11) is 0. The average Bonchev–Trinajstić information content (AvgIpc) is 2.21. The molecule has 1 unspecified atom stereocenters. The molecule has 1 aromatic rings. The molecule has 0 aliphatic carbocycles. The molecule has 1 atom stereocenters. The van der Waals surface area contributed by atoms with E-state index in [-0.39, 0.29) is 5.63 Å². The van der Waals surface area contributed by atoms with E-state index in [9.17, 15) is 4.79 Å². The van der Waals surface area contributed by atoms with Gasteiger partial charge in [0.2, 0.25) is 0 Å². The number of rotatable bonds is 0. The van der Waals surface area contributed by atoms with Crippen LogP contribution in [0.1, 0.15) is 13.3 Å². The van der Waals surface area contributed by atoms with Gasteiger partial charge in [-0.1, -0.05) is 18.2 Å². The highest BCUT2D eigenvalue weighted by Gasteiger charge is 1.98. The van der Waals surface area contributed by atoms with E-state index in [0.29, 0.717) is 6.04 Å². The predicted octanol–water partition coefficient (Wildman–Crippen LogP) is 1.56. The van der Waals surface area contributed by atoms with Crippen LogP contribution in [-0.4, -0.2) is 12.6 Å². The molecule has 0 saturated carbocycles. The molecule has 1 N–H and O–H groups in total. The van der Waals surface area contributed by atoms with Gasteiger partial charge in [0.05, 0.1) is 6.26 Å². The highest BCUT2D eigenvalue weighted by Crippen LogP contribution is 1.95. The molecule has 0 saturated heterocycles. The molecule has 0 amide bonds. The Morgan fingerprint density at radius 3 is 2.57 bits per heavy atom. The molecule has 0 spiro atoms. The van der Waals surface area contributed by atoms with Crippen molar-refractivity contribution in [2.75, 3.05) is 6.54 Å². The van der Waals surface area contributed by atoms with E-state index >= 15 is 0 Å². The third-order valence-corrected chi connectivity index (χ3v) is 1.85. The van der Waals surface area contributed by atoms with Gasteiger partial charge < -0.3 is 9.73 Å². The van der Waals surface area contributed by atoms with E-state index in [2.05, 4.69) is 28.8 Å². The minimum Gasteiger partial charge on any atom is -0.431 e. The Labute approximate surface area is 83.4 Å². The molecule has 2 rings (SSSR count). The molecule has 1 aliphatic rings. The largest absolute Gasteiger partial charge is 0.431 e. The summed E-state index contributed by atoms with van der Waals surface area (Å²) >= 11 is 0. The first kappa shape index (κ1) is 10.7. The third kappa shape index (κ3) is 4.62. The van der Waals surface area contributed by atoms with Crippen LogP contribution in [0.4, 0.5) is 0 Å². The summed E-state index contributed by atoms with van der Waals surface area (Å²) in [6.45, 7) is 3.25. The zero-order valence-electron chi connectivity index (χ0n) is 8.27. The van der Waals surface area contributed by atoms with Crippen molar-refractivity contribution in [2.45, 2.75) is 19.4 Å². The Kier molecular flexibility index (Phi) is 4.72. The molecule has 0 aromatic carbocycles. The van der Waals surface area contributed by atoms with Gasteiger partial charge in [0.25, 0.3) is 0 Å². The molecule has 1 aromatic heterocycles. The van der Waals surface area contributed by atoms with E-state index in [1.807, 2.05) is 0 Å². The Morgan fingerprint density at radius 2 is 2.29 bits per heavy atom. The normalized spacial score (nSPS) is 19.6. The van der Waals surface area contributed by atoms with Crippen molar-refractivity contribution in [2.24, 2.45) is 0 Å². The van der Waals surface area contributed by atoms with Gasteiger partial charge >= 0.3 is 5.63 Å². The Hall–Kier alpha value is -1.35. The molecular formula is C11H15NO2. The van der Waals surface area contributed by atoms with Crippen LogP contribution in [0.15, 0.2) is 45.8 Å². The van der Waals surface area contributed by atoms with Crippen LogP contribution < -0.4 is 10.9 Å². The fourth-order valence-electron chi connectivity index (χ4n) is 1.06. The SMILES string of the molecule is CC1CC=CCN1.O=c1cccco1. The molecule has 0 bridgehead atoms. The first-order chi connectivity index (χ1) is 6.79. The number of hydrogen-bond donors (Lipinski definition) is 1. The third-order valence-electron chi connectivity index (χ3n) is 1.85. The van der Waals surface area contributed by atoms with Crippen molar-refractivity contribution in [1.82, 2.24) is 5.32 Å². The maximum atomic E-state index is 10.1. The molecule has 1 aliphatic heterocycles. The lowest BCUT2D eigenvalue weighted by atomic mass is 10.2. The Morgan fingerprint density at radius 1 is 1.43 bits per heavy atom. The zero-order valence-corrected chi connectivity index (χ0v) is 8.27. The van der Waals surface area contributed by atoms with E-state index < -0.39 is 0 Å². The molecule has 2 heterocycles. The fraction of sp³-hybridized carbons (Fsp3) is 0.364. The summed E-state index contributed by atoms with van der Waals surface area (Å²) in [4.78, 5) is 10.1. The molecule has 76 valence electrons. The average molecular weight is 193 g/mol. The summed E-state index contributed by atoms with van der Waals surface area (Å²) in [6, 6.07) is 5.35. The summed E-state index contributed by atoms with van der Waals surface area (Å²) in [5.74, 6) is 0. The van der Waals surface area contributed by atoms with E-state index in [4.69, 9.17) is 0 Å². The summed E-state index contributed by atoms with van der Waals surface area (Å²) in [6.07, 6.45) is 6.93. The second kappa shape index (κ2) is 6.16. The second-order valence-corrected chi connectivity index (χ2v) is 3.14. The zero-order chi connectivity index (χ0) is 10.2. The van der Waals surface area contributed by atoms with Crippen LogP contribution in [-0.2, 0) is 0 Å². The molecule has 0 fully saturated rings. The quantitative estimate of drug-likeness (QED) is 0.636. The van der Waals surface area contributed by atoms with Crippen molar-refractivity contribution in [1.29, 1.82) is 0 Å². The highest BCUT2D eigenvalue weighted by atomic mass is 16.4. The lowest BCUT2D eigenvalue weighted by Crippen LogP contribution is -2.27. The minimum atomic E-state index is -0.303. The summed E-state index contributed by atoms with van der Waals surface area (Å²) in [5.41, 5.74) is -0.303. The smallest absolute Gasteiger partial charge is 0.335 e. The van der Waals surface area contributed by atoms with Crippen LogP contribution in [0, 0.1) is 0 Å². The van der Waals surface area contributed by atoms with E-state index in [1.54, 1.807) is 12.1 Å². The van der Waals surface area contributed by atoms with Crippen molar-refractivity contribution in [3.63, 3.8) is 0 Å². The lowest BCUT2D eigenvalue weighted by Gasteiger charge is -2.12. The van der Waals surface area contributed by atoms with Crippen molar-refractivity contribution < 1.29 is 4.42 Å². The first-order valence-corrected chi connectivity index (χ1v) is 4.71. The topological polar surface area (TPSA) is 42.2 Å². The van der Waals surface area contributed by atoms with Crippen LogP contribution in [0.2, 0.25) is 0 Å². The molecule has 3 heteroatoms. The Bertz CT molecular complexity index is 313. The second-order valence-electron chi connectivity index (χ2n) is 3.14. The van der Waals surface area contributed by atoms with Gasteiger partial charge in [-0.25, -0.2) is 4.79 Å². The van der Waals surface area contributed by atoms with Crippen LogP contribution in [0.5, 0.6) is 0 Å². The van der Waals surface area contributed by atoms with E-state index in [0.717, 1.165) is 6.54 Å². The summed E-state index contributed by atoms with van der Waals surface area (Å²) < 4.78 is 4.37. The summed E-state index contributed by atoms with van der Waals surface area (Å²) in [5, 5.41) is 3.30. The number of nitrogens with one attached hydrogen (secondary N) is 1. The maximum absolute atomic E-state index is 10.1. The van der Waals surface area contributed by atoms with Gasteiger partial charge in [0.15, 0.2) is 0 Å². The van der Waals surface area contributed by atoms with Crippen molar-refractivity contribution >= 4 is 0 Å². The molecule has 3 nitrogen and oxygen atoms in total. The van der Waals surface area contributed by atoms with Gasteiger partial charge in [0.1, 0.15) is 0 Å². The van der Waals surface area contributed by atoms with Crippen LogP contribution in [0.25, 0.3) is 0 Å². The Balaban J connectivity index is 0.000000140. The van der Waals surface area contributed by atoms with Gasteiger partial charge in [0, 0.05) is 18.7 Å². The van der Waals surface area contributed by atoms with Gasteiger partial charge in [-0.05, 0) is 19.4 Å². The first-order valence-electron chi connectivity index (χ1n) is 4.71. The van der Waals surface area contributed by atoms with Crippen LogP contribution >= 0.6 is 0 Å². The predicted molar refractivity (Wildman–Crippen MR) is 56.2 cm³/mol. The minimum absolute atomic E-state index is 0.303. The van der Waals surface area contributed by atoms with Gasteiger partial charge in [-0.15, -0.1) is 0 Å². The monoisotopic (exact) mass is 193 g/mol. The molecule has 0 radical (unpaired) electrons. The van der Waals surface area contributed by atoms with Crippen molar-refractivity contribution in [3.05, 3.63) is 47.0 Å². The highest BCUT2D eigenvalue weighted by molar-refractivity contribution is 4.92. The molecular weight excluding hydrogens is 178 g/mol. The van der Waals surface area contributed by atoms with Crippen molar-refractivity contribution in [3.8, 4) is 0 Å². The van der Waals surface area contributed by atoms with E-state index in [1.165, 1.54) is 18.8 Å². The molecule has 14 heavy (non-hydrogen) atoms. The van der Waals surface area contributed by atoms with Crippen LogP contribution in [0.3, 0.4) is 0 Å². The maximum Gasteiger partial charge on any atom is 0.335 e. The number of hydrogen-bond acceptors (Lipinski definition) is 3.